The van der Waals surface area contributed by atoms with Crippen molar-refractivity contribution < 1.29 is 4.74 Å². The molecule has 86 valence electrons. The minimum atomic E-state index is 0.147. The molecule has 0 atom stereocenters. The van der Waals surface area contributed by atoms with E-state index in [0.29, 0.717) is 13.0 Å². The molecule has 2 rings (SSSR count). The van der Waals surface area contributed by atoms with E-state index >= 15 is 0 Å². The first-order chi connectivity index (χ1) is 7.61. The molecule has 0 heterocycles. The van der Waals surface area contributed by atoms with Crippen molar-refractivity contribution in [3.8, 4) is 5.75 Å². The molecule has 1 aliphatic rings. The maximum Gasteiger partial charge on any atom is 0.122 e. The third-order valence-corrected chi connectivity index (χ3v) is 3.15. The molecule has 1 aromatic carbocycles. The summed E-state index contributed by atoms with van der Waals surface area (Å²) in [6.45, 7) is 2.72. The van der Waals surface area contributed by atoms with Crippen LogP contribution in [0.15, 0.2) is 24.3 Å². The Morgan fingerprint density at radius 1 is 1.44 bits per heavy atom. The average Bonchev–Trinajstić information content (AvgIpc) is 2.96. The number of aryl methyl sites for hydroxylation is 1. The molecule has 1 aliphatic carbocycles. The fourth-order valence-corrected chi connectivity index (χ4v) is 1.90. The van der Waals surface area contributed by atoms with E-state index in [1.807, 2.05) is 31.2 Å². The van der Waals surface area contributed by atoms with Crippen LogP contribution in [0.4, 0.5) is 0 Å². The van der Waals surface area contributed by atoms with E-state index in [9.17, 15) is 0 Å². The SMILES string of the molecule is Cc1ccccc1OCC1(CC(=N)N)CC1. The number of hydrogen-bond acceptors (Lipinski definition) is 2. The summed E-state index contributed by atoms with van der Waals surface area (Å²) in [6.07, 6.45) is 2.91. The molecular weight excluding hydrogens is 200 g/mol. The Morgan fingerprint density at radius 2 is 2.12 bits per heavy atom. The highest BCUT2D eigenvalue weighted by molar-refractivity contribution is 5.78. The summed E-state index contributed by atoms with van der Waals surface area (Å²) in [5.74, 6) is 1.21. The number of nitrogens with two attached hydrogens (primary N) is 1. The van der Waals surface area contributed by atoms with Crippen LogP contribution in [0.3, 0.4) is 0 Å². The quantitative estimate of drug-likeness (QED) is 0.589. The van der Waals surface area contributed by atoms with E-state index in [1.165, 1.54) is 0 Å². The molecule has 0 radical (unpaired) electrons. The summed E-state index contributed by atoms with van der Waals surface area (Å²) in [7, 11) is 0. The Labute approximate surface area is 96.1 Å². The minimum Gasteiger partial charge on any atom is -0.493 e. The van der Waals surface area contributed by atoms with Crippen LogP contribution in [-0.4, -0.2) is 12.4 Å². The summed E-state index contributed by atoms with van der Waals surface area (Å²) in [5, 5.41) is 7.34. The second kappa shape index (κ2) is 4.16. The molecule has 0 unspecified atom stereocenters. The molecule has 0 aliphatic heterocycles. The van der Waals surface area contributed by atoms with Crippen molar-refractivity contribution in [3.63, 3.8) is 0 Å². The monoisotopic (exact) mass is 218 g/mol. The lowest BCUT2D eigenvalue weighted by Gasteiger charge is -2.16. The third-order valence-electron chi connectivity index (χ3n) is 3.15. The van der Waals surface area contributed by atoms with Gasteiger partial charge in [0.15, 0.2) is 0 Å². The molecule has 1 fully saturated rings. The van der Waals surface area contributed by atoms with Gasteiger partial charge in [0, 0.05) is 11.8 Å². The predicted octanol–water partition coefficient (Wildman–Crippen LogP) is 2.48. The van der Waals surface area contributed by atoms with Gasteiger partial charge >= 0.3 is 0 Å². The molecule has 0 amide bonds. The van der Waals surface area contributed by atoms with Crippen LogP contribution in [-0.2, 0) is 0 Å². The van der Waals surface area contributed by atoms with Gasteiger partial charge in [0.05, 0.1) is 12.4 Å². The lowest BCUT2D eigenvalue weighted by atomic mass is 10.0. The van der Waals surface area contributed by atoms with Crippen molar-refractivity contribution in [1.82, 2.24) is 0 Å². The number of rotatable bonds is 5. The standard InChI is InChI=1S/C13H18N2O/c1-10-4-2-3-5-11(10)16-9-13(6-7-13)8-12(14)15/h2-5H,6-9H2,1H3,(H3,14,15). The van der Waals surface area contributed by atoms with Gasteiger partial charge in [0.2, 0.25) is 0 Å². The van der Waals surface area contributed by atoms with Gasteiger partial charge in [-0.05, 0) is 31.4 Å². The smallest absolute Gasteiger partial charge is 0.122 e. The second-order valence-corrected chi connectivity index (χ2v) is 4.76. The Hall–Kier alpha value is -1.51. The van der Waals surface area contributed by atoms with E-state index in [1.54, 1.807) is 0 Å². The highest BCUT2D eigenvalue weighted by Crippen LogP contribution is 2.48. The lowest BCUT2D eigenvalue weighted by Crippen LogP contribution is -2.21. The Balaban J connectivity index is 1.93. The second-order valence-electron chi connectivity index (χ2n) is 4.76. The minimum absolute atomic E-state index is 0.147. The van der Waals surface area contributed by atoms with Crippen LogP contribution in [0, 0.1) is 17.7 Å². The highest BCUT2D eigenvalue weighted by atomic mass is 16.5. The van der Waals surface area contributed by atoms with Gasteiger partial charge in [0.25, 0.3) is 0 Å². The largest absolute Gasteiger partial charge is 0.493 e. The summed E-state index contributed by atoms with van der Waals surface area (Å²) < 4.78 is 5.81. The van der Waals surface area contributed by atoms with Crippen LogP contribution >= 0.6 is 0 Å². The molecule has 0 spiro atoms. The van der Waals surface area contributed by atoms with Crippen molar-refractivity contribution >= 4 is 5.84 Å². The highest BCUT2D eigenvalue weighted by Gasteiger charge is 2.44. The number of para-hydroxylation sites is 1. The summed E-state index contributed by atoms with van der Waals surface area (Å²) in [4.78, 5) is 0. The first-order valence-electron chi connectivity index (χ1n) is 5.63. The number of ether oxygens (including phenoxy) is 1. The molecule has 3 heteroatoms. The van der Waals surface area contributed by atoms with Crippen molar-refractivity contribution in [3.05, 3.63) is 29.8 Å². The van der Waals surface area contributed by atoms with Crippen LogP contribution in [0.1, 0.15) is 24.8 Å². The topological polar surface area (TPSA) is 59.1 Å². The van der Waals surface area contributed by atoms with Crippen LogP contribution in [0.2, 0.25) is 0 Å². The van der Waals surface area contributed by atoms with Crippen molar-refractivity contribution in [1.29, 1.82) is 5.41 Å². The molecule has 0 saturated heterocycles. The van der Waals surface area contributed by atoms with Crippen molar-refractivity contribution in [2.75, 3.05) is 6.61 Å². The van der Waals surface area contributed by atoms with E-state index in [-0.39, 0.29) is 11.3 Å². The first-order valence-corrected chi connectivity index (χ1v) is 5.63. The van der Waals surface area contributed by atoms with Gasteiger partial charge < -0.3 is 10.5 Å². The third kappa shape index (κ3) is 2.54. The Kier molecular flexibility index (Phi) is 2.86. The summed E-state index contributed by atoms with van der Waals surface area (Å²) in [6, 6.07) is 8.01. The van der Waals surface area contributed by atoms with Gasteiger partial charge in [0.1, 0.15) is 5.75 Å². The number of hydrogen-bond donors (Lipinski definition) is 2. The van der Waals surface area contributed by atoms with Crippen LogP contribution < -0.4 is 10.5 Å². The normalized spacial score (nSPS) is 16.8. The fourth-order valence-electron chi connectivity index (χ4n) is 1.90. The summed E-state index contributed by atoms with van der Waals surface area (Å²) >= 11 is 0. The molecule has 1 aromatic rings. The number of benzene rings is 1. The van der Waals surface area contributed by atoms with Gasteiger partial charge in [-0.25, -0.2) is 0 Å². The number of amidine groups is 1. The van der Waals surface area contributed by atoms with E-state index in [2.05, 4.69) is 0 Å². The Bertz CT molecular complexity index is 397. The van der Waals surface area contributed by atoms with Crippen LogP contribution in [0.25, 0.3) is 0 Å². The van der Waals surface area contributed by atoms with E-state index in [0.717, 1.165) is 24.2 Å². The van der Waals surface area contributed by atoms with E-state index < -0.39 is 0 Å². The molecule has 0 bridgehead atoms. The van der Waals surface area contributed by atoms with Crippen molar-refractivity contribution in [2.45, 2.75) is 26.2 Å². The number of nitrogens with one attached hydrogen (secondary N) is 1. The molecule has 1 saturated carbocycles. The fraction of sp³-hybridized carbons (Fsp3) is 0.462. The first kappa shape index (κ1) is 11.0. The molecular formula is C13H18N2O. The maximum atomic E-state index is 7.34. The van der Waals surface area contributed by atoms with Gasteiger partial charge in [-0.3, -0.25) is 5.41 Å². The molecule has 3 nitrogen and oxygen atoms in total. The predicted molar refractivity (Wildman–Crippen MR) is 64.9 cm³/mol. The van der Waals surface area contributed by atoms with Crippen LogP contribution in [0.5, 0.6) is 5.75 Å². The summed E-state index contributed by atoms with van der Waals surface area (Å²) in [5.41, 5.74) is 6.75. The van der Waals surface area contributed by atoms with Gasteiger partial charge in [-0.15, -0.1) is 0 Å². The zero-order valence-corrected chi connectivity index (χ0v) is 9.62. The zero-order chi connectivity index (χ0) is 11.6. The zero-order valence-electron chi connectivity index (χ0n) is 9.62. The van der Waals surface area contributed by atoms with Gasteiger partial charge in [-0.2, -0.15) is 0 Å². The van der Waals surface area contributed by atoms with Crippen molar-refractivity contribution in [2.24, 2.45) is 11.1 Å². The molecule has 0 aromatic heterocycles. The lowest BCUT2D eigenvalue weighted by molar-refractivity contribution is 0.237. The maximum absolute atomic E-state index is 7.34. The molecule has 16 heavy (non-hydrogen) atoms. The van der Waals surface area contributed by atoms with Gasteiger partial charge in [-0.1, -0.05) is 18.2 Å². The van der Waals surface area contributed by atoms with E-state index in [4.69, 9.17) is 15.9 Å². The Morgan fingerprint density at radius 3 is 2.69 bits per heavy atom. The average molecular weight is 218 g/mol. The molecule has 3 N–H and O–H groups in total.